The summed E-state index contributed by atoms with van der Waals surface area (Å²) in [7, 11) is 3.29. The van der Waals surface area contributed by atoms with Gasteiger partial charge in [-0.1, -0.05) is 6.07 Å². The Morgan fingerprint density at radius 1 is 1.20 bits per heavy atom. The maximum atomic E-state index is 11.3. The SMILES string of the molecule is COc1ccc(CC(C)NC2CCCc3c2[nH]c2ccc([N+](=O)O)cc32)cc1OC. The summed E-state index contributed by atoms with van der Waals surface area (Å²) in [5, 5.41) is 14.0. The van der Waals surface area contributed by atoms with Crippen LogP contribution in [0.25, 0.3) is 10.9 Å². The van der Waals surface area contributed by atoms with Crippen LogP contribution >= 0.6 is 0 Å². The third-order valence-corrected chi connectivity index (χ3v) is 5.89. The van der Waals surface area contributed by atoms with Crippen molar-refractivity contribution in [2.24, 2.45) is 0 Å². The number of nitrogens with zero attached hydrogens (tertiary/aromatic N) is 1. The molecule has 3 aromatic rings. The van der Waals surface area contributed by atoms with Crippen molar-refractivity contribution in [3.05, 3.63) is 58.1 Å². The molecular formula is C23H28N3O4+. The van der Waals surface area contributed by atoms with Gasteiger partial charge in [0, 0.05) is 40.8 Å². The number of hydrogen-bond donors (Lipinski definition) is 3. The smallest absolute Gasteiger partial charge is 0.317 e. The molecule has 0 spiro atoms. The third kappa shape index (κ3) is 3.85. The second-order valence-corrected chi connectivity index (χ2v) is 7.93. The summed E-state index contributed by atoms with van der Waals surface area (Å²) >= 11 is 0. The van der Waals surface area contributed by atoms with Crippen LogP contribution in [0.2, 0.25) is 0 Å². The fourth-order valence-electron chi connectivity index (χ4n) is 4.50. The zero-order valence-electron chi connectivity index (χ0n) is 17.6. The third-order valence-electron chi connectivity index (χ3n) is 5.89. The number of aryl methyl sites for hydroxylation is 1. The molecule has 2 aromatic carbocycles. The van der Waals surface area contributed by atoms with Gasteiger partial charge < -0.3 is 19.8 Å². The second kappa shape index (κ2) is 8.36. The van der Waals surface area contributed by atoms with Crippen LogP contribution in [0.4, 0.5) is 5.69 Å². The average molecular weight is 410 g/mol. The number of aromatic amines is 1. The number of benzene rings is 2. The van der Waals surface area contributed by atoms with E-state index in [0.29, 0.717) is 0 Å². The molecule has 1 heterocycles. The van der Waals surface area contributed by atoms with E-state index >= 15 is 0 Å². The van der Waals surface area contributed by atoms with Gasteiger partial charge in [-0.05, 0) is 61.9 Å². The molecule has 0 saturated heterocycles. The molecule has 2 unspecified atom stereocenters. The van der Waals surface area contributed by atoms with E-state index in [4.69, 9.17) is 9.47 Å². The number of hydrogen-bond acceptors (Lipinski definition) is 4. The molecule has 0 bridgehead atoms. The summed E-state index contributed by atoms with van der Waals surface area (Å²) in [6, 6.07) is 11.8. The maximum absolute atomic E-state index is 11.3. The summed E-state index contributed by atoms with van der Waals surface area (Å²) in [6.07, 6.45) is 3.96. The van der Waals surface area contributed by atoms with E-state index in [0.717, 1.165) is 48.1 Å². The van der Waals surface area contributed by atoms with Crippen LogP contribution in [0, 0.1) is 4.91 Å². The van der Waals surface area contributed by atoms with Crippen molar-refractivity contribution >= 4 is 16.6 Å². The molecule has 1 aromatic heterocycles. The lowest BCUT2D eigenvalue weighted by Gasteiger charge is -2.27. The lowest BCUT2D eigenvalue weighted by Crippen LogP contribution is -2.34. The molecule has 1 aliphatic rings. The van der Waals surface area contributed by atoms with Crippen LogP contribution in [0.3, 0.4) is 0 Å². The summed E-state index contributed by atoms with van der Waals surface area (Å²) in [6.45, 7) is 2.19. The molecule has 3 N–H and O–H groups in total. The van der Waals surface area contributed by atoms with E-state index in [1.165, 1.54) is 16.8 Å². The Morgan fingerprint density at radius 2 is 2.00 bits per heavy atom. The molecular weight excluding hydrogens is 382 g/mol. The van der Waals surface area contributed by atoms with Crippen LogP contribution in [0.1, 0.15) is 42.6 Å². The first kappa shape index (κ1) is 20.2. The zero-order valence-corrected chi connectivity index (χ0v) is 17.6. The molecule has 0 fully saturated rings. The van der Waals surface area contributed by atoms with Gasteiger partial charge in [-0.25, -0.2) is 5.21 Å². The Morgan fingerprint density at radius 3 is 2.73 bits per heavy atom. The Balaban J connectivity index is 1.53. The quantitative estimate of drug-likeness (QED) is 0.496. The van der Waals surface area contributed by atoms with Gasteiger partial charge >= 0.3 is 5.69 Å². The summed E-state index contributed by atoms with van der Waals surface area (Å²) < 4.78 is 10.7. The normalized spacial score (nSPS) is 16.8. The van der Waals surface area contributed by atoms with Crippen molar-refractivity contribution in [1.82, 2.24) is 10.3 Å². The summed E-state index contributed by atoms with van der Waals surface area (Å²) in [4.78, 5) is 14.7. The monoisotopic (exact) mass is 410 g/mol. The van der Waals surface area contributed by atoms with E-state index in [2.05, 4.69) is 23.3 Å². The van der Waals surface area contributed by atoms with Crippen LogP contribution < -0.4 is 14.8 Å². The number of rotatable bonds is 7. The van der Waals surface area contributed by atoms with Crippen molar-refractivity contribution in [2.45, 2.75) is 44.7 Å². The lowest BCUT2D eigenvalue weighted by atomic mass is 9.91. The predicted molar refractivity (Wildman–Crippen MR) is 115 cm³/mol. The zero-order chi connectivity index (χ0) is 21.3. The maximum Gasteiger partial charge on any atom is 0.317 e. The van der Waals surface area contributed by atoms with E-state index in [9.17, 15) is 10.1 Å². The van der Waals surface area contributed by atoms with Crippen molar-refractivity contribution in [2.75, 3.05) is 14.2 Å². The van der Waals surface area contributed by atoms with Gasteiger partial charge in [0.1, 0.15) is 0 Å². The van der Waals surface area contributed by atoms with E-state index in [1.807, 2.05) is 18.2 Å². The average Bonchev–Trinajstić information content (AvgIpc) is 3.12. The molecule has 0 radical (unpaired) electrons. The molecule has 2 atom stereocenters. The minimum atomic E-state index is -0.0808. The predicted octanol–water partition coefficient (Wildman–Crippen LogP) is 4.58. The highest BCUT2D eigenvalue weighted by Crippen LogP contribution is 2.36. The minimum Gasteiger partial charge on any atom is -0.493 e. The molecule has 158 valence electrons. The molecule has 7 nitrogen and oxygen atoms in total. The van der Waals surface area contributed by atoms with Gasteiger partial charge in [-0.3, -0.25) is 0 Å². The van der Waals surface area contributed by atoms with Crippen molar-refractivity contribution in [1.29, 1.82) is 0 Å². The van der Waals surface area contributed by atoms with Gasteiger partial charge in [-0.2, -0.15) is 0 Å². The number of aromatic nitrogens is 1. The van der Waals surface area contributed by atoms with Crippen molar-refractivity contribution in [3.63, 3.8) is 0 Å². The van der Waals surface area contributed by atoms with Gasteiger partial charge in [0.2, 0.25) is 0 Å². The standard InChI is InChI=1S/C23H28N3O4/c1-14(11-15-7-10-21(29-2)22(12-15)30-3)24-20-6-4-5-17-18-13-16(26(27)28)8-9-19(18)25-23(17)20/h7-10,12-14,20,24-25H,4-6,11H2,1-3H3,(H,27,28)/q+1. The number of nitrogens with one attached hydrogen (secondary N) is 2. The fourth-order valence-corrected chi connectivity index (χ4v) is 4.50. The van der Waals surface area contributed by atoms with Crippen LogP contribution in [0.15, 0.2) is 36.4 Å². The Kier molecular flexibility index (Phi) is 5.63. The molecule has 1 aliphatic carbocycles. The highest BCUT2D eigenvalue weighted by Gasteiger charge is 2.26. The van der Waals surface area contributed by atoms with E-state index in [-0.39, 0.29) is 22.7 Å². The molecule has 4 rings (SSSR count). The second-order valence-electron chi connectivity index (χ2n) is 7.93. The molecule has 0 saturated carbocycles. The molecule has 0 aliphatic heterocycles. The van der Waals surface area contributed by atoms with E-state index < -0.39 is 0 Å². The fraction of sp³-hybridized carbons (Fsp3) is 0.391. The van der Waals surface area contributed by atoms with Gasteiger partial charge in [0.05, 0.1) is 19.1 Å². The number of ether oxygens (including phenoxy) is 2. The number of methoxy groups -OCH3 is 2. The number of H-pyrrole nitrogens is 1. The highest BCUT2D eigenvalue weighted by atomic mass is 16.6. The lowest BCUT2D eigenvalue weighted by molar-refractivity contribution is -0.729. The Labute approximate surface area is 175 Å². The number of fused-ring (bicyclic) bond motifs is 3. The van der Waals surface area contributed by atoms with Crippen LogP contribution in [-0.2, 0) is 12.8 Å². The van der Waals surface area contributed by atoms with Gasteiger partial charge in [0.15, 0.2) is 11.5 Å². The van der Waals surface area contributed by atoms with E-state index in [1.54, 1.807) is 26.4 Å². The highest BCUT2D eigenvalue weighted by molar-refractivity contribution is 5.87. The summed E-state index contributed by atoms with van der Waals surface area (Å²) in [5.41, 5.74) is 4.84. The van der Waals surface area contributed by atoms with Crippen LogP contribution in [-0.4, -0.2) is 35.4 Å². The summed E-state index contributed by atoms with van der Waals surface area (Å²) in [5.74, 6) is 1.47. The Hall–Kier alpha value is -3.06. The van der Waals surface area contributed by atoms with Gasteiger partial charge in [-0.15, -0.1) is 0 Å². The first-order valence-corrected chi connectivity index (χ1v) is 10.3. The first-order chi connectivity index (χ1) is 14.5. The Bertz CT molecular complexity index is 1080. The minimum absolute atomic E-state index is 0.0808. The largest absolute Gasteiger partial charge is 0.493 e. The van der Waals surface area contributed by atoms with Crippen molar-refractivity contribution < 1.29 is 19.6 Å². The molecule has 7 heteroatoms. The molecule has 30 heavy (non-hydrogen) atoms. The van der Waals surface area contributed by atoms with Crippen LogP contribution in [0.5, 0.6) is 11.5 Å². The topological polar surface area (TPSA) is 86.6 Å². The van der Waals surface area contributed by atoms with Crippen molar-refractivity contribution in [3.8, 4) is 11.5 Å². The van der Waals surface area contributed by atoms with Gasteiger partial charge in [0.25, 0.3) is 4.92 Å². The molecule has 0 amide bonds. The first-order valence-electron chi connectivity index (χ1n) is 10.3.